The van der Waals surface area contributed by atoms with Crippen LogP contribution in [0, 0.1) is 0 Å². The molecule has 0 fully saturated rings. The molecule has 0 spiro atoms. The fourth-order valence-electron chi connectivity index (χ4n) is 0. The van der Waals surface area contributed by atoms with Crippen molar-refractivity contribution in [2.45, 2.75) is 0 Å². The minimum atomic E-state index is -3.71. The van der Waals surface area contributed by atoms with Gasteiger partial charge in [0.15, 0.2) is 0 Å². The van der Waals surface area contributed by atoms with E-state index in [1.807, 2.05) is 0 Å². The van der Waals surface area contributed by atoms with Crippen LogP contribution in [0.2, 0.25) is 0 Å². The lowest BCUT2D eigenvalue weighted by molar-refractivity contribution is 0.350. The Labute approximate surface area is 38.3 Å². The molecule has 0 saturated carbocycles. The van der Waals surface area contributed by atoms with E-state index in [-0.39, 0.29) is 10.4 Å². The fourth-order valence-corrected chi connectivity index (χ4v) is 0. The summed E-state index contributed by atoms with van der Waals surface area (Å²) < 4.78 is 2.94. The molecule has 38 valence electrons. The van der Waals surface area contributed by atoms with Crippen LogP contribution in [0.15, 0.2) is 4.41 Å². The summed E-state index contributed by atoms with van der Waals surface area (Å²) in [6.07, 6.45) is 0. The van der Waals surface area contributed by atoms with E-state index >= 15 is 0 Å². The van der Waals surface area contributed by atoms with Crippen LogP contribution in [-0.2, 0) is 0 Å². The first-order chi connectivity index (χ1) is 2.56. The summed E-state index contributed by atoms with van der Waals surface area (Å²) >= 11 is 0. The van der Waals surface area contributed by atoms with Crippen LogP contribution >= 0.6 is 7.74 Å². The van der Waals surface area contributed by atoms with Gasteiger partial charge in [0.05, 0.1) is 0 Å². The van der Waals surface area contributed by atoms with E-state index in [0.29, 0.717) is 0 Å². The van der Waals surface area contributed by atoms with Crippen molar-refractivity contribution in [1.29, 1.82) is 0 Å². The topological polar surface area (TPSA) is 73.0 Å². The predicted octanol–water partition coefficient (Wildman–Crippen LogP) is -1.81. The third-order valence-corrected chi connectivity index (χ3v) is 2.41. The third kappa shape index (κ3) is 4.33. The molecule has 0 aliphatic rings. The molecule has 4 nitrogen and oxygen atoms in total. The summed E-state index contributed by atoms with van der Waals surface area (Å²) in [5.74, 6) is 0. The lowest BCUT2D eigenvalue weighted by Gasteiger charge is -1.94. The number of hydrogen-bond acceptors (Lipinski definition) is 1. The van der Waals surface area contributed by atoms with E-state index in [0.717, 1.165) is 0 Å². The van der Waals surface area contributed by atoms with Gasteiger partial charge < -0.3 is 14.7 Å². The van der Waals surface area contributed by atoms with E-state index in [9.17, 15) is 0 Å². The van der Waals surface area contributed by atoms with Crippen molar-refractivity contribution < 1.29 is 14.7 Å². The zero-order valence-electron chi connectivity index (χ0n) is 3.24. The molecule has 0 aromatic rings. The van der Waals surface area contributed by atoms with Crippen molar-refractivity contribution in [3.8, 4) is 0 Å². The minimum absolute atomic E-state index is 0.272. The summed E-state index contributed by atoms with van der Waals surface area (Å²) in [5, 5.41) is 0. The van der Waals surface area contributed by atoms with Gasteiger partial charge in [0, 0.05) is 0 Å². The van der Waals surface area contributed by atoms with Crippen molar-refractivity contribution in [3.05, 3.63) is 0 Å². The summed E-state index contributed by atoms with van der Waals surface area (Å²) in [6.45, 7) is 0. The Bertz CT molecular complexity index is 74.5. The molecule has 0 atom stereocenters. The lowest BCUT2D eigenvalue weighted by Crippen LogP contribution is -1.70. The van der Waals surface area contributed by atoms with Crippen LogP contribution in [0.4, 0.5) is 0 Å². The molecule has 6 heteroatoms. The van der Waals surface area contributed by atoms with Gasteiger partial charge in [0.1, 0.15) is 10.4 Å². The van der Waals surface area contributed by atoms with Gasteiger partial charge >= 0.3 is 7.74 Å². The van der Waals surface area contributed by atoms with Crippen molar-refractivity contribution in [2.75, 3.05) is 0 Å². The Morgan fingerprint density at radius 1 is 1.33 bits per heavy atom. The molecule has 0 heterocycles. The molecule has 0 aliphatic heterocycles. The van der Waals surface area contributed by atoms with Crippen molar-refractivity contribution in [2.24, 2.45) is 4.41 Å². The van der Waals surface area contributed by atoms with Crippen molar-refractivity contribution >= 4 is 18.1 Å². The second-order valence-corrected chi connectivity index (χ2v) is 3.41. The molecule has 0 unspecified atom stereocenters. The zero-order chi connectivity index (χ0) is 5.21. The zero-order valence-corrected chi connectivity index (χ0v) is 6.13. The Balaban J connectivity index is 3.79. The van der Waals surface area contributed by atoms with Gasteiger partial charge in [-0.25, -0.2) is 0 Å². The molecule has 0 radical (unpaired) electrons. The Kier molecular flexibility index (Phi) is 1.96. The fraction of sp³-hybridized carbons (Fsp3) is 0. The average molecular weight is 127 g/mol. The van der Waals surface area contributed by atoms with Gasteiger partial charge in [-0.05, 0) is 0 Å². The highest BCUT2D eigenvalue weighted by Gasteiger charge is 1.96. The third-order valence-electron chi connectivity index (χ3n) is 0.268. The standard InChI is InChI=1S/H6NO3PSi/c2-5(3,4)1-6/h2-4H,6H3. The molecule has 3 N–H and O–H groups in total. The van der Waals surface area contributed by atoms with Gasteiger partial charge in [-0.2, -0.15) is 0 Å². The van der Waals surface area contributed by atoms with Crippen LogP contribution < -0.4 is 0 Å². The SMILES string of the molecule is OP(O)(O)=N[SiH3]. The van der Waals surface area contributed by atoms with Gasteiger partial charge in [-0.3, -0.25) is 4.41 Å². The highest BCUT2D eigenvalue weighted by atomic mass is 31.2. The number of rotatable bonds is 0. The molecule has 0 aliphatic carbocycles. The van der Waals surface area contributed by atoms with E-state index in [2.05, 4.69) is 4.41 Å². The molecule has 0 saturated heterocycles. The van der Waals surface area contributed by atoms with Gasteiger partial charge in [0.25, 0.3) is 0 Å². The normalized spacial score (nSPS) is 11.8. The van der Waals surface area contributed by atoms with Crippen molar-refractivity contribution in [1.82, 2.24) is 0 Å². The van der Waals surface area contributed by atoms with E-state index in [1.54, 1.807) is 0 Å². The number of hydrogen-bond donors (Lipinski definition) is 3. The first-order valence-electron chi connectivity index (χ1n) is 1.25. The molecule has 0 aromatic carbocycles. The first kappa shape index (κ1) is 6.33. The maximum Gasteiger partial charge on any atom is 0.337 e. The van der Waals surface area contributed by atoms with E-state index in [1.165, 1.54) is 0 Å². The average Bonchev–Trinajstić information content (AvgIpc) is 1.35. The van der Waals surface area contributed by atoms with Crippen LogP contribution in [0.25, 0.3) is 0 Å². The quantitative estimate of drug-likeness (QED) is 0.265. The molecule has 6 heavy (non-hydrogen) atoms. The van der Waals surface area contributed by atoms with Gasteiger partial charge in [-0.1, -0.05) is 0 Å². The monoisotopic (exact) mass is 127 g/mol. The summed E-state index contributed by atoms with van der Waals surface area (Å²) in [7, 11) is -3.44. The summed E-state index contributed by atoms with van der Waals surface area (Å²) in [4.78, 5) is 23.8. The lowest BCUT2D eigenvalue weighted by atomic mass is 13.9. The minimum Gasteiger partial charge on any atom is -0.319 e. The molecule has 0 amide bonds. The van der Waals surface area contributed by atoms with E-state index in [4.69, 9.17) is 14.7 Å². The first-order valence-corrected chi connectivity index (χ1v) is 3.74. The smallest absolute Gasteiger partial charge is 0.319 e. The van der Waals surface area contributed by atoms with Gasteiger partial charge in [0.2, 0.25) is 0 Å². The Hall–Kier alpha value is 0.327. The predicted molar refractivity (Wildman–Crippen MR) is 25.9 cm³/mol. The van der Waals surface area contributed by atoms with Crippen LogP contribution in [-0.4, -0.2) is 25.1 Å². The molecular formula is H6NO3PSi. The van der Waals surface area contributed by atoms with Crippen LogP contribution in [0.5, 0.6) is 0 Å². The van der Waals surface area contributed by atoms with Crippen molar-refractivity contribution in [3.63, 3.8) is 0 Å². The Morgan fingerprint density at radius 2 is 1.50 bits per heavy atom. The molecule has 0 rings (SSSR count). The molecule has 0 bridgehead atoms. The summed E-state index contributed by atoms with van der Waals surface area (Å²) in [6, 6.07) is 0. The van der Waals surface area contributed by atoms with Gasteiger partial charge in [-0.15, -0.1) is 0 Å². The highest BCUT2D eigenvalue weighted by Crippen LogP contribution is 2.31. The largest absolute Gasteiger partial charge is 0.337 e. The second kappa shape index (κ2) is 1.86. The maximum atomic E-state index is 7.92. The van der Waals surface area contributed by atoms with E-state index < -0.39 is 7.74 Å². The summed E-state index contributed by atoms with van der Waals surface area (Å²) in [5.41, 5.74) is 0. The molecular weight excluding hydrogens is 121 g/mol. The Morgan fingerprint density at radius 3 is 1.50 bits per heavy atom. The number of nitrogens with zero attached hydrogens (tertiary/aromatic N) is 1. The highest BCUT2D eigenvalue weighted by molar-refractivity contribution is 7.48. The second-order valence-electron chi connectivity index (χ2n) is 0.737. The maximum absolute atomic E-state index is 7.92. The molecule has 0 aromatic heterocycles. The van der Waals surface area contributed by atoms with Crippen LogP contribution in [0.3, 0.4) is 0 Å². The van der Waals surface area contributed by atoms with Crippen LogP contribution in [0.1, 0.15) is 0 Å².